The number of nitrogens with zero attached hydrogens (tertiary/aromatic N) is 2. The highest BCUT2D eigenvalue weighted by molar-refractivity contribution is 7.80. The van der Waals surface area contributed by atoms with E-state index in [-0.39, 0.29) is 11.4 Å². The van der Waals surface area contributed by atoms with E-state index in [1.807, 2.05) is 0 Å². The van der Waals surface area contributed by atoms with E-state index in [1.54, 1.807) is 12.2 Å². The van der Waals surface area contributed by atoms with Crippen molar-refractivity contribution in [2.45, 2.75) is 0 Å². The van der Waals surface area contributed by atoms with Gasteiger partial charge in [-0.15, -0.1) is 0 Å². The van der Waals surface area contributed by atoms with Crippen LogP contribution in [0.1, 0.15) is 5.69 Å². The van der Waals surface area contributed by atoms with Gasteiger partial charge in [-0.3, -0.25) is 10.1 Å². The van der Waals surface area contributed by atoms with Gasteiger partial charge in [-0.2, -0.15) is 12.6 Å². The average Bonchev–Trinajstić information content (AvgIpc) is 2.25. The SMILES string of the molecule is COc1ccc([N+](=O)[O-])c(C=CCS)n1. The van der Waals surface area contributed by atoms with Crippen LogP contribution in [0.5, 0.6) is 5.88 Å². The van der Waals surface area contributed by atoms with Crippen LogP contribution in [0.2, 0.25) is 0 Å². The molecular weight excluding hydrogens is 216 g/mol. The first-order valence-electron chi connectivity index (χ1n) is 4.16. The molecule has 0 fully saturated rings. The molecule has 0 bridgehead atoms. The highest BCUT2D eigenvalue weighted by Gasteiger charge is 2.13. The van der Waals surface area contributed by atoms with Crippen LogP contribution >= 0.6 is 12.6 Å². The zero-order valence-corrected chi connectivity index (χ0v) is 8.98. The summed E-state index contributed by atoms with van der Waals surface area (Å²) in [7, 11) is 1.46. The summed E-state index contributed by atoms with van der Waals surface area (Å²) in [5, 5.41) is 10.7. The van der Waals surface area contributed by atoms with Crippen molar-refractivity contribution in [2.75, 3.05) is 12.9 Å². The van der Waals surface area contributed by atoms with Crippen LogP contribution in [-0.2, 0) is 0 Å². The van der Waals surface area contributed by atoms with Crippen molar-refractivity contribution < 1.29 is 9.66 Å². The Hall–Kier alpha value is -1.56. The Morgan fingerprint density at radius 3 is 2.93 bits per heavy atom. The van der Waals surface area contributed by atoms with Gasteiger partial charge in [-0.1, -0.05) is 6.08 Å². The number of hydrogen-bond acceptors (Lipinski definition) is 5. The molecule has 6 heteroatoms. The fourth-order valence-electron chi connectivity index (χ4n) is 1.00. The van der Waals surface area contributed by atoms with Crippen LogP contribution in [0.4, 0.5) is 5.69 Å². The fraction of sp³-hybridized carbons (Fsp3) is 0.222. The maximum atomic E-state index is 10.7. The minimum absolute atomic E-state index is 0.0474. The number of thiol groups is 1. The number of aromatic nitrogens is 1. The normalized spacial score (nSPS) is 10.5. The Balaban J connectivity index is 3.16. The first-order chi connectivity index (χ1) is 7.19. The summed E-state index contributed by atoms with van der Waals surface area (Å²) in [6.07, 6.45) is 3.23. The van der Waals surface area contributed by atoms with Gasteiger partial charge in [-0.05, 0) is 6.08 Å². The van der Waals surface area contributed by atoms with Gasteiger partial charge in [0.15, 0.2) is 0 Å². The van der Waals surface area contributed by atoms with E-state index < -0.39 is 4.92 Å². The van der Waals surface area contributed by atoms with Crippen molar-refractivity contribution in [2.24, 2.45) is 0 Å². The molecule has 1 heterocycles. The topological polar surface area (TPSA) is 65.3 Å². The minimum atomic E-state index is -0.482. The molecule has 0 aliphatic carbocycles. The van der Waals surface area contributed by atoms with Crippen molar-refractivity contribution in [1.82, 2.24) is 4.98 Å². The van der Waals surface area contributed by atoms with Gasteiger partial charge >= 0.3 is 0 Å². The second-order valence-electron chi connectivity index (χ2n) is 2.60. The van der Waals surface area contributed by atoms with Crippen LogP contribution in [0.3, 0.4) is 0 Å². The monoisotopic (exact) mass is 226 g/mol. The van der Waals surface area contributed by atoms with E-state index in [0.717, 1.165) is 0 Å². The van der Waals surface area contributed by atoms with Gasteiger partial charge in [0.2, 0.25) is 5.88 Å². The molecule has 0 saturated carbocycles. The van der Waals surface area contributed by atoms with Crippen molar-refractivity contribution >= 4 is 24.4 Å². The van der Waals surface area contributed by atoms with E-state index in [4.69, 9.17) is 4.74 Å². The van der Waals surface area contributed by atoms with Gasteiger partial charge in [0.1, 0.15) is 5.69 Å². The Labute approximate surface area is 92.3 Å². The average molecular weight is 226 g/mol. The molecular formula is C9H10N2O3S. The van der Waals surface area contributed by atoms with Crippen molar-refractivity contribution in [3.05, 3.63) is 34.0 Å². The summed E-state index contributed by atoms with van der Waals surface area (Å²) in [6.45, 7) is 0. The summed E-state index contributed by atoms with van der Waals surface area (Å²) >= 11 is 3.97. The van der Waals surface area contributed by atoms with Crippen LogP contribution in [0.15, 0.2) is 18.2 Å². The summed E-state index contributed by atoms with van der Waals surface area (Å²) in [4.78, 5) is 14.1. The van der Waals surface area contributed by atoms with E-state index >= 15 is 0 Å². The van der Waals surface area contributed by atoms with Gasteiger partial charge < -0.3 is 4.74 Å². The molecule has 1 rings (SSSR count). The van der Waals surface area contributed by atoms with Crippen LogP contribution in [0, 0.1) is 10.1 Å². The van der Waals surface area contributed by atoms with Gasteiger partial charge in [0, 0.05) is 17.9 Å². The first kappa shape index (κ1) is 11.5. The lowest BCUT2D eigenvalue weighted by Crippen LogP contribution is -1.96. The number of methoxy groups -OCH3 is 1. The van der Waals surface area contributed by atoms with Gasteiger partial charge in [0.05, 0.1) is 12.0 Å². The van der Waals surface area contributed by atoms with E-state index in [0.29, 0.717) is 11.6 Å². The minimum Gasteiger partial charge on any atom is -0.481 e. The zero-order valence-electron chi connectivity index (χ0n) is 8.08. The fourth-order valence-corrected chi connectivity index (χ4v) is 1.11. The third-order valence-corrected chi connectivity index (χ3v) is 1.87. The molecule has 1 aromatic heterocycles. The highest BCUT2D eigenvalue weighted by Crippen LogP contribution is 2.21. The van der Waals surface area contributed by atoms with Crippen molar-refractivity contribution in [3.63, 3.8) is 0 Å². The Morgan fingerprint density at radius 1 is 1.67 bits per heavy atom. The van der Waals surface area contributed by atoms with Gasteiger partial charge in [-0.25, -0.2) is 4.98 Å². The second-order valence-corrected chi connectivity index (χ2v) is 2.97. The summed E-state index contributed by atoms with van der Waals surface area (Å²) < 4.78 is 4.88. The first-order valence-corrected chi connectivity index (χ1v) is 4.79. The summed E-state index contributed by atoms with van der Waals surface area (Å²) in [5.41, 5.74) is 0.224. The van der Waals surface area contributed by atoms with Crippen LogP contribution in [0.25, 0.3) is 6.08 Å². The standard InChI is InChI=1S/C9H10N2O3S/c1-14-9-5-4-8(11(12)13)7(10-9)3-2-6-15/h2-5,15H,6H2,1H3. The number of pyridine rings is 1. The molecule has 0 aliphatic rings. The summed E-state index contributed by atoms with van der Waals surface area (Å²) in [5.74, 6) is 0.843. The maximum absolute atomic E-state index is 10.7. The molecule has 0 N–H and O–H groups in total. The van der Waals surface area contributed by atoms with E-state index in [1.165, 1.54) is 19.2 Å². The molecule has 15 heavy (non-hydrogen) atoms. The number of hydrogen-bond donors (Lipinski definition) is 1. The van der Waals surface area contributed by atoms with Gasteiger partial charge in [0.25, 0.3) is 5.69 Å². The quantitative estimate of drug-likeness (QED) is 0.484. The molecule has 80 valence electrons. The molecule has 0 aromatic carbocycles. The Morgan fingerprint density at radius 2 is 2.40 bits per heavy atom. The molecule has 0 radical (unpaired) electrons. The van der Waals surface area contributed by atoms with Crippen molar-refractivity contribution in [3.8, 4) is 5.88 Å². The number of nitro groups is 1. The van der Waals surface area contributed by atoms with Crippen LogP contribution < -0.4 is 4.74 Å². The maximum Gasteiger partial charge on any atom is 0.295 e. The Bertz CT molecular complexity index is 393. The number of ether oxygens (including phenoxy) is 1. The molecule has 0 spiro atoms. The van der Waals surface area contributed by atoms with Crippen LogP contribution in [-0.4, -0.2) is 22.8 Å². The predicted octanol–water partition coefficient (Wildman–Crippen LogP) is 1.94. The molecule has 1 aromatic rings. The molecule has 0 saturated heterocycles. The zero-order chi connectivity index (χ0) is 11.3. The molecule has 0 aliphatic heterocycles. The third-order valence-electron chi connectivity index (χ3n) is 1.66. The van der Waals surface area contributed by atoms with Crippen molar-refractivity contribution in [1.29, 1.82) is 0 Å². The van der Waals surface area contributed by atoms with E-state index in [9.17, 15) is 10.1 Å². The third kappa shape index (κ3) is 2.95. The predicted molar refractivity (Wildman–Crippen MR) is 60.3 cm³/mol. The highest BCUT2D eigenvalue weighted by atomic mass is 32.1. The van der Waals surface area contributed by atoms with E-state index in [2.05, 4.69) is 17.6 Å². The smallest absolute Gasteiger partial charge is 0.295 e. The molecule has 5 nitrogen and oxygen atoms in total. The lowest BCUT2D eigenvalue weighted by molar-refractivity contribution is -0.385. The molecule has 0 amide bonds. The largest absolute Gasteiger partial charge is 0.481 e. The molecule has 0 unspecified atom stereocenters. The second kappa shape index (κ2) is 5.35. The summed E-state index contributed by atoms with van der Waals surface area (Å²) in [6, 6.07) is 2.82. The lowest BCUT2D eigenvalue weighted by atomic mass is 10.3. The molecule has 0 atom stereocenters. The lowest BCUT2D eigenvalue weighted by Gasteiger charge is -2.00. The Kier molecular flexibility index (Phi) is 4.11. The number of rotatable bonds is 4.